The van der Waals surface area contributed by atoms with Gasteiger partial charge in [-0.1, -0.05) is 28.1 Å². The number of hydrogen-bond donors (Lipinski definition) is 2. The Hall–Kier alpha value is -1.72. The van der Waals surface area contributed by atoms with Crippen LogP contribution in [0.1, 0.15) is 16.1 Å². The fraction of sp³-hybridized carbons (Fsp3) is 0.250. The molecular weight excluding hydrogens is 332 g/mol. The van der Waals surface area contributed by atoms with Gasteiger partial charge in [0.15, 0.2) is 0 Å². The van der Waals surface area contributed by atoms with Crippen LogP contribution in [0.5, 0.6) is 0 Å². The molecule has 0 aliphatic rings. The van der Waals surface area contributed by atoms with Gasteiger partial charge in [-0.05, 0) is 36.8 Å². The molecule has 0 saturated carbocycles. The van der Waals surface area contributed by atoms with E-state index in [1.165, 1.54) is 0 Å². The molecule has 5 heteroatoms. The average Bonchev–Trinajstić information content (AvgIpc) is 2.52. The molecule has 2 N–H and O–H groups in total. The van der Waals surface area contributed by atoms with Crippen LogP contribution in [0.3, 0.4) is 0 Å². The Morgan fingerprint density at radius 1 is 1.29 bits per heavy atom. The monoisotopic (exact) mass is 348 g/mol. The lowest BCUT2D eigenvalue weighted by molar-refractivity contribution is 0.0939. The second kappa shape index (κ2) is 7.90. The third-order valence-corrected chi connectivity index (χ3v) is 3.61. The van der Waals surface area contributed by atoms with Gasteiger partial charge in [0.25, 0.3) is 5.91 Å². The number of amides is 1. The van der Waals surface area contributed by atoms with E-state index in [0.29, 0.717) is 18.5 Å². The lowest BCUT2D eigenvalue weighted by Gasteiger charge is -2.14. The maximum absolute atomic E-state index is 12.0. The van der Waals surface area contributed by atoms with Crippen molar-refractivity contribution in [1.29, 1.82) is 0 Å². The summed E-state index contributed by atoms with van der Waals surface area (Å²) < 4.78 is 0.863. The highest BCUT2D eigenvalue weighted by atomic mass is 79.9. The van der Waals surface area contributed by atoms with Crippen LogP contribution in [0.15, 0.2) is 53.1 Å². The van der Waals surface area contributed by atoms with Crippen LogP contribution in [0.4, 0.5) is 0 Å². The smallest absolute Gasteiger partial charge is 0.251 e. The molecule has 110 valence electrons. The molecule has 0 saturated heterocycles. The minimum Gasteiger partial charge on any atom is -0.396 e. The maximum Gasteiger partial charge on any atom is 0.251 e. The van der Waals surface area contributed by atoms with Gasteiger partial charge in [-0.3, -0.25) is 9.78 Å². The minimum atomic E-state index is -0.143. The molecule has 1 unspecified atom stereocenters. The Labute approximate surface area is 132 Å². The lowest BCUT2D eigenvalue weighted by Crippen LogP contribution is -2.32. The fourth-order valence-electron chi connectivity index (χ4n) is 1.98. The lowest BCUT2D eigenvalue weighted by atomic mass is 10.0. The van der Waals surface area contributed by atoms with Crippen molar-refractivity contribution < 1.29 is 9.90 Å². The van der Waals surface area contributed by atoms with Crippen LogP contribution < -0.4 is 5.32 Å². The Morgan fingerprint density at radius 3 is 2.81 bits per heavy atom. The quantitative estimate of drug-likeness (QED) is 0.842. The van der Waals surface area contributed by atoms with Gasteiger partial charge < -0.3 is 10.4 Å². The predicted octanol–water partition coefficient (Wildman–Crippen LogP) is 2.43. The van der Waals surface area contributed by atoms with E-state index in [1.54, 1.807) is 18.3 Å². The summed E-state index contributed by atoms with van der Waals surface area (Å²) in [6.07, 6.45) is 2.36. The van der Waals surface area contributed by atoms with Gasteiger partial charge >= 0.3 is 0 Å². The number of benzene rings is 1. The predicted molar refractivity (Wildman–Crippen MR) is 85.0 cm³/mol. The number of aliphatic hydroxyl groups excluding tert-OH is 1. The standard InChI is InChI=1S/C16H17BrN2O2/c17-14-5-3-4-13(9-14)16(21)19-10-12(11-20)8-15-6-1-2-7-18-15/h1-7,9,12,20H,8,10-11H2,(H,19,21). The van der Waals surface area contributed by atoms with Gasteiger partial charge in [0.2, 0.25) is 0 Å². The van der Waals surface area contributed by atoms with Crippen molar-refractivity contribution in [2.75, 3.05) is 13.2 Å². The van der Waals surface area contributed by atoms with Gasteiger partial charge in [0, 0.05) is 41.0 Å². The van der Waals surface area contributed by atoms with Crippen LogP contribution in [0.2, 0.25) is 0 Å². The minimum absolute atomic E-state index is 0.00926. The Balaban J connectivity index is 1.89. The molecule has 4 nitrogen and oxygen atoms in total. The van der Waals surface area contributed by atoms with E-state index < -0.39 is 0 Å². The highest BCUT2D eigenvalue weighted by Gasteiger charge is 2.12. The van der Waals surface area contributed by atoms with Crippen LogP contribution in [0.25, 0.3) is 0 Å². The number of hydrogen-bond acceptors (Lipinski definition) is 3. The molecule has 0 bridgehead atoms. The number of rotatable bonds is 6. The highest BCUT2D eigenvalue weighted by molar-refractivity contribution is 9.10. The Bertz CT molecular complexity index is 590. The molecule has 1 atom stereocenters. The zero-order valence-electron chi connectivity index (χ0n) is 11.5. The largest absolute Gasteiger partial charge is 0.396 e. The SMILES string of the molecule is O=C(NCC(CO)Cc1ccccn1)c1cccc(Br)c1. The first-order valence-corrected chi connectivity index (χ1v) is 7.53. The maximum atomic E-state index is 12.0. The summed E-state index contributed by atoms with van der Waals surface area (Å²) in [4.78, 5) is 16.3. The van der Waals surface area contributed by atoms with Crippen LogP contribution >= 0.6 is 15.9 Å². The number of aromatic nitrogens is 1. The molecule has 2 rings (SSSR count). The van der Waals surface area contributed by atoms with Crippen LogP contribution in [-0.4, -0.2) is 29.1 Å². The van der Waals surface area contributed by atoms with E-state index in [1.807, 2.05) is 30.3 Å². The molecule has 0 spiro atoms. The van der Waals surface area contributed by atoms with Crippen molar-refractivity contribution in [2.45, 2.75) is 6.42 Å². The molecule has 21 heavy (non-hydrogen) atoms. The van der Waals surface area contributed by atoms with Crippen LogP contribution in [0, 0.1) is 5.92 Å². The van der Waals surface area contributed by atoms with Crippen molar-refractivity contribution in [3.8, 4) is 0 Å². The number of nitrogens with one attached hydrogen (secondary N) is 1. The van der Waals surface area contributed by atoms with Crippen LogP contribution in [-0.2, 0) is 6.42 Å². The number of carbonyl (C=O) groups is 1. The Morgan fingerprint density at radius 2 is 2.14 bits per heavy atom. The van der Waals surface area contributed by atoms with E-state index in [0.717, 1.165) is 10.2 Å². The number of carbonyl (C=O) groups excluding carboxylic acids is 1. The van der Waals surface area contributed by atoms with Gasteiger partial charge in [0.05, 0.1) is 0 Å². The van der Waals surface area contributed by atoms with E-state index in [2.05, 4.69) is 26.2 Å². The summed E-state index contributed by atoms with van der Waals surface area (Å²) in [7, 11) is 0. The van der Waals surface area contributed by atoms with E-state index in [9.17, 15) is 9.90 Å². The van der Waals surface area contributed by atoms with E-state index in [4.69, 9.17) is 0 Å². The first-order valence-electron chi connectivity index (χ1n) is 6.73. The molecule has 1 aromatic carbocycles. The molecule has 0 fully saturated rings. The molecule has 0 radical (unpaired) electrons. The van der Waals surface area contributed by atoms with Crippen molar-refractivity contribution in [3.63, 3.8) is 0 Å². The molecular formula is C16H17BrN2O2. The van der Waals surface area contributed by atoms with Crippen molar-refractivity contribution in [3.05, 3.63) is 64.4 Å². The second-order valence-electron chi connectivity index (χ2n) is 4.79. The molecule has 1 amide bonds. The first kappa shape index (κ1) is 15.7. The average molecular weight is 349 g/mol. The summed E-state index contributed by atoms with van der Waals surface area (Å²) in [5.41, 5.74) is 1.51. The summed E-state index contributed by atoms with van der Waals surface area (Å²) >= 11 is 3.34. The summed E-state index contributed by atoms with van der Waals surface area (Å²) in [5.74, 6) is -0.188. The summed E-state index contributed by atoms with van der Waals surface area (Å²) in [5, 5.41) is 12.3. The topological polar surface area (TPSA) is 62.2 Å². The fourth-order valence-corrected chi connectivity index (χ4v) is 2.38. The number of pyridine rings is 1. The van der Waals surface area contributed by atoms with E-state index >= 15 is 0 Å². The number of nitrogens with zero attached hydrogens (tertiary/aromatic N) is 1. The third kappa shape index (κ3) is 4.95. The number of halogens is 1. The zero-order chi connectivity index (χ0) is 15.1. The summed E-state index contributed by atoms with van der Waals surface area (Å²) in [6, 6.07) is 12.9. The first-order chi connectivity index (χ1) is 10.2. The van der Waals surface area contributed by atoms with Gasteiger partial charge in [0.1, 0.15) is 0 Å². The molecule has 0 aliphatic carbocycles. The van der Waals surface area contributed by atoms with Crippen molar-refractivity contribution in [1.82, 2.24) is 10.3 Å². The third-order valence-electron chi connectivity index (χ3n) is 3.12. The van der Waals surface area contributed by atoms with E-state index in [-0.39, 0.29) is 18.4 Å². The number of aliphatic hydroxyl groups is 1. The van der Waals surface area contributed by atoms with Gasteiger partial charge in [-0.2, -0.15) is 0 Å². The van der Waals surface area contributed by atoms with Crippen molar-refractivity contribution >= 4 is 21.8 Å². The zero-order valence-corrected chi connectivity index (χ0v) is 13.1. The summed E-state index contributed by atoms with van der Waals surface area (Å²) in [6.45, 7) is 0.424. The molecule has 1 heterocycles. The normalized spacial score (nSPS) is 11.9. The highest BCUT2D eigenvalue weighted by Crippen LogP contribution is 2.12. The molecule has 2 aromatic rings. The van der Waals surface area contributed by atoms with Crippen molar-refractivity contribution in [2.24, 2.45) is 5.92 Å². The molecule has 0 aliphatic heterocycles. The van der Waals surface area contributed by atoms with Gasteiger partial charge in [-0.25, -0.2) is 0 Å². The second-order valence-corrected chi connectivity index (χ2v) is 5.71. The van der Waals surface area contributed by atoms with Gasteiger partial charge in [-0.15, -0.1) is 0 Å². The Kier molecular flexibility index (Phi) is 5.90. The molecule has 1 aromatic heterocycles.